The maximum atomic E-state index is 13.2. The summed E-state index contributed by atoms with van der Waals surface area (Å²) in [5.41, 5.74) is 1.53. The predicted molar refractivity (Wildman–Crippen MR) is 102 cm³/mol. The lowest BCUT2D eigenvalue weighted by Gasteiger charge is -2.03. The van der Waals surface area contributed by atoms with Gasteiger partial charge in [0.05, 0.1) is 5.39 Å². The van der Waals surface area contributed by atoms with Gasteiger partial charge in [0.15, 0.2) is 0 Å². The van der Waals surface area contributed by atoms with Crippen LogP contribution in [0.25, 0.3) is 21.3 Å². The third kappa shape index (κ3) is 3.03. The SMILES string of the molecule is Cc1ccc(Cc2nc3sc(C)c(-c4ccc(F)cc4)c3c(=O)[nH]2)s1. The summed E-state index contributed by atoms with van der Waals surface area (Å²) >= 11 is 3.21. The second-order valence-corrected chi connectivity index (χ2v) is 8.50. The Hall–Kier alpha value is -2.31. The van der Waals surface area contributed by atoms with E-state index in [1.807, 2.05) is 6.92 Å². The van der Waals surface area contributed by atoms with Crippen LogP contribution in [0.1, 0.15) is 20.5 Å². The number of hydrogen-bond donors (Lipinski definition) is 1. The standard InChI is InChI=1S/C19H15FN2OS2/c1-10-3-8-14(24-10)9-15-21-18(23)17-16(11(2)25-19(17)22-15)12-4-6-13(20)7-5-12/h3-8H,9H2,1-2H3,(H,21,22,23). The van der Waals surface area contributed by atoms with E-state index >= 15 is 0 Å². The molecule has 4 rings (SSSR count). The Bertz CT molecular complexity index is 1120. The van der Waals surface area contributed by atoms with Gasteiger partial charge in [-0.2, -0.15) is 0 Å². The first kappa shape index (κ1) is 16.2. The van der Waals surface area contributed by atoms with Crippen molar-refractivity contribution in [2.24, 2.45) is 0 Å². The Kier molecular flexibility index (Phi) is 4.01. The Labute approximate surface area is 151 Å². The van der Waals surface area contributed by atoms with Gasteiger partial charge in [0, 0.05) is 26.6 Å². The smallest absolute Gasteiger partial charge is 0.260 e. The largest absolute Gasteiger partial charge is 0.310 e. The Balaban J connectivity index is 1.83. The third-order valence-electron chi connectivity index (χ3n) is 4.06. The molecule has 3 heterocycles. The van der Waals surface area contributed by atoms with Crippen molar-refractivity contribution >= 4 is 32.9 Å². The van der Waals surface area contributed by atoms with E-state index in [1.165, 1.54) is 33.2 Å². The second-order valence-electron chi connectivity index (χ2n) is 5.92. The minimum Gasteiger partial charge on any atom is -0.310 e. The number of H-pyrrole nitrogens is 1. The molecule has 0 aliphatic rings. The van der Waals surface area contributed by atoms with Crippen LogP contribution in [0.2, 0.25) is 0 Å². The molecule has 3 aromatic heterocycles. The van der Waals surface area contributed by atoms with Crippen LogP contribution >= 0.6 is 22.7 Å². The third-order valence-corrected chi connectivity index (χ3v) is 6.06. The number of aromatic amines is 1. The zero-order valence-corrected chi connectivity index (χ0v) is 15.4. The van der Waals surface area contributed by atoms with Gasteiger partial charge in [-0.05, 0) is 43.7 Å². The van der Waals surface area contributed by atoms with Crippen LogP contribution in [0.15, 0.2) is 41.2 Å². The Morgan fingerprint density at radius 1 is 1.08 bits per heavy atom. The molecule has 3 nitrogen and oxygen atoms in total. The number of halogens is 1. The van der Waals surface area contributed by atoms with E-state index in [4.69, 9.17) is 0 Å². The highest BCUT2D eigenvalue weighted by Gasteiger charge is 2.17. The number of fused-ring (bicyclic) bond motifs is 1. The minimum absolute atomic E-state index is 0.142. The van der Waals surface area contributed by atoms with Crippen molar-refractivity contribution < 1.29 is 4.39 Å². The highest BCUT2D eigenvalue weighted by atomic mass is 32.1. The molecule has 1 N–H and O–H groups in total. The number of hydrogen-bond acceptors (Lipinski definition) is 4. The highest BCUT2D eigenvalue weighted by Crippen LogP contribution is 2.35. The normalized spacial score (nSPS) is 11.3. The lowest BCUT2D eigenvalue weighted by molar-refractivity contribution is 0.628. The molecule has 0 saturated carbocycles. The van der Waals surface area contributed by atoms with Crippen molar-refractivity contribution in [2.45, 2.75) is 20.3 Å². The minimum atomic E-state index is -0.290. The Morgan fingerprint density at radius 2 is 1.84 bits per heavy atom. The molecule has 0 bridgehead atoms. The van der Waals surface area contributed by atoms with Gasteiger partial charge in [-0.25, -0.2) is 9.37 Å². The average Bonchev–Trinajstić information content (AvgIpc) is 3.11. The summed E-state index contributed by atoms with van der Waals surface area (Å²) in [6.45, 7) is 4.03. The number of benzene rings is 1. The first-order valence-electron chi connectivity index (χ1n) is 7.85. The average molecular weight is 370 g/mol. The van der Waals surface area contributed by atoms with Crippen molar-refractivity contribution in [3.63, 3.8) is 0 Å². The molecule has 4 aromatic rings. The number of thiophene rings is 2. The maximum Gasteiger partial charge on any atom is 0.260 e. The van der Waals surface area contributed by atoms with Crippen LogP contribution < -0.4 is 5.56 Å². The summed E-state index contributed by atoms with van der Waals surface area (Å²) in [7, 11) is 0. The molecule has 0 atom stereocenters. The number of aromatic nitrogens is 2. The van der Waals surface area contributed by atoms with Crippen LogP contribution in [0.5, 0.6) is 0 Å². The van der Waals surface area contributed by atoms with E-state index < -0.39 is 0 Å². The number of aryl methyl sites for hydroxylation is 2. The van der Waals surface area contributed by atoms with Gasteiger partial charge >= 0.3 is 0 Å². The van der Waals surface area contributed by atoms with Gasteiger partial charge < -0.3 is 4.98 Å². The van der Waals surface area contributed by atoms with Crippen LogP contribution in [0.4, 0.5) is 4.39 Å². The molecule has 25 heavy (non-hydrogen) atoms. The molecule has 0 amide bonds. The highest BCUT2D eigenvalue weighted by molar-refractivity contribution is 7.19. The quantitative estimate of drug-likeness (QED) is 0.548. The fraction of sp³-hybridized carbons (Fsp3) is 0.158. The molecule has 0 aliphatic heterocycles. The molecule has 126 valence electrons. The van der Waals surface area contributed by atoms with E-state index in [2.05, 4.69) is 29.0 Å². The lowest BCUT2D eigenvalue weighted by Crippen LogP contribution is -2.11. The maximum absolute atomic E-state index is 13.2. The fourth-order valence-corrected chi connectivity index (χ4v) is 4.92. The topological polar surface area (TPSA) is 45.8 Å². The summed E-state index contributed by atoms with van der Waals surface area (Å²) < 4.78 is 13.2. The van der Waals surface area contributed by atoms with Gasteiger partial charge in [0.1, 0.15) is 16.5 Å². The van der Waals surface area contributed by atoms with Crippen LogP contribution in [0, 0.1) is 19.7 Å². The van der Waals surface area contributed by atoms with Crippen LogP contribution in [0.3, 0.4) is 0 Å². The summed E-state index contributed by atoms with van der Waals surface area (Å²) in [5.74, 6) is 0.382. The zero-order valence-electron chi connectivity index (χ0n) is 13.7. The predicted octanol–water partition coefficient (Wildman–Crippen LogP) is 5.06. The van der Waals surface area contributed by atoms with Crippen molar-refractivity contribution in [3.8, 4) is 11.1 Å². The second kappa shape index (κ2) is 6.20. The molecule has 0 spiro atoms. The number of nitrogens with zero attached hydrogens (tertiary/aromatic N) is 1. The number of nitrogens with one attached hydrogen (secondary N) is 1. The molecular formula is C19H15FN2OS2. The molecule has 0 radical (unpaired) electrons. The summed E-state index contributed by atoms with van der Waals surface area (Å²) in [6, 6.07) is 10.4. The number of rotatable bonds is 3. The first-order chi connectivity index (χ1) is 12.0. The van der Waals surface area contributed by atoms with Gasteiger partial charge in [-0.3, -0.25) is 4.79 Å². The lowest BCUT2D eigenvalue weighted by atomic mass is 10.0. The van der Waals surface area contributed by atoms with Crippen LogP contribution in [-0.2, 0) is 6.42 Å². The summed E-state index contributed by atoms with van der Waals surface area (Å²) in [6.07, 6.45) is 0.618. The van der Waals surface area contributed by atoms with Crippen LogP contribution in [-0.4, -0.2) is 9.97 Å². The molecular weight excluding hydrogens is 355 g/mol. The Morgan fingerprint density at radius 3 is 2.52 bits per heavy atom. The van der Waals surface area contributed by atoms with Gasteiger partial charge in [0.2, 0.25) is 0 Å². The molecule has 0 unspecified atom stereocenters. The molecule has 0 fully saturated rings. The van der Waals surface area contributed by atoms with Gasteiger partial charge in [-0.1, -0.05) is 12.1 Å². The molecule has 0 saturated heterocycles. The van der Waals surface area contributed by atoms with Gasteiger partial charge in [-0.15, -0.1) is 22.7 Å². The zero-order chi connectivity index (χ0) is 17.6. The first-order valence-corrected chi connectivity index (χ1v) is 9.48. The van der Waals surface area contributed by atoms with Crippen molar-refractivity contribution in [3.05, 3.63) is 73.0 Å². The fourth-order valence-electron chi connectivity index (χ4n) is 2.96. The van der Waals surface area contributed by atoms with Crippen molar-refractivity contribution in [1.29, 1.82) is 0 Å². The van der Waals surface area contributed by atoms with E-state index in [0.717, 1.165) is 20.8 Å². The van der Waals surface area contributed by atoms with Crippen molar-refractivity contribution in [2.75, 3.05) is 0 Å². The molecule has 0 aliphatic carbocycles. The van der Waals surface area contributed by atoms with Gasteiger partial charge in [0.25, 0.3) is 5.56 Å². The molecule has 6 heteroatoms. The summed E-state index contributed by atoms with van der Waals surface area (Å²) in [5, 5.41) is 0.584. The van der Waals surface area contributed by atoms with E-state index in [1.54, 1.807) is 23.5 Å². The molecule has 1 aromatic carbocycles. The monoisotopic (exact) mass is 370 g/mol. The van der Waals surface area contributed by atoms with Crippen molar-refractivity contribution in [1.82, 2.24) is 9.97 Å². The van der Waals surface area contributed by atoms with E-state index in [-0.39, 0.29) is 11.4 Å². The van der Waals surface area contributed by atoms with E-state index in [0.29, 0.717) is 17.6 Å². The summed E-state index contributed by atoms with van der Waals surface area (Å²) in [4.78, 5) is 24.4. The van der Waals surface area contributed by atoms with E-state index in [9.17, 15) is 9.18 Å².